The van der Waals surface area contributed by atoms with Crippen LogP contribution >= 0.6 is 0 Å². The third-order valence-electron chi connectivity index (χ3n) is 21.6. The van der Waals surface area contributed by atoms with Gasteiger partial charge in [-0.25, -0.2) is 29.0 Å². The number of ether oxygens (including phenoxy) is 5. The normalized spacial score (nSPS) is 18.4. The Bertz CT molecular complexity index is 5090. The molecule has 6 unspecified atom stereocenters. The number of rotatable bonds is 14. The summed E-state index contributed by atoms with van der Waals surface area (Å²) in [6, 6.07) is 59.4. The minimum absolute atomic E-state index is 0.00230. The van der Waals surface area contributed by atoms with Gasteiger partial charge in [0.05, 0.1) is 18.9 Å². The van der Waals surface area contributed by atoms with E-state index in [9.17, 15) is 43.2 Å². The summed E-state index contributed by atoms with van der Waals surface area (Å²) in [6.07, 6.45) is 8.34. The van der Waals surface area contributed by atoms with Gasteiger partial charge >= 0.3 is 36.4 Å². The highest BCUT2D eigenvalue weighted by atomic mass is 16.7. The summed E-state index contributed by atoms with van der Waals surface area (Å²) in [5, 5.41) is 27.5. The second-order valence-electron chi connectivity index (χ2n) is 37.9. The van der Waals surface area contributed by atoms with Crippen LogP contribution in [0.15, 0.2) is 191 Å². The number of allylic oxidation sites excluding steroid dienone is 1. The average molecular weight is 1770 g/mol. The Morgan fingerprint density at radius 1 is 0.403 bits per heavy atom. The van der Waals surface area contributed by atoms with E-state index in [2.05, 4.69) is 89.3 Å². The lowest BCUT2D eigenvalue weighted by atomic mass is 10.0. The number of amides is 6. The van der Waals surface area contributed by atoms with Crippen molar-refractivity contribution in [2.24, 2.45) is 23.7 Å². The van der Waals surface area contributed by atoms with Crippen molar-refractivity contribution in [2.45, 2.75) is 189 Å². The number of ketones is 2. The van der Waals surface area contributed by atoms with Crippen LogP contribution in [0.2, 0.25) is 0 Å². The van der Waals surface area contributed by atoms with Crippen LogP contribution < -0.4 is 0 Å². The molecule has 8 aromatic rings. The summed E-state index contributed by atoms with van der Waals surface area (Å²) in [5.74, 6) is 0.508. The lowest BCUT2D eigenvalue weighted by Gasteiger charge is -2.24. The molecule has 1 N–H and O–H groups in total. The van der Waals surface area contributed by atoms with Crippen LogP contribution in [0.4, 0.5) is 24.0 Å². The Morgan fingerprint density at radius 3 is 1.10 bits per heavy atom. The number of carbonyl (C=O) groups excluding carboxylic acids is 8. The zero-order valence-corrected chi connectivity index (χ0v) is 77.9. The fourth-order valence-corrected chi connectivity index (χ4v) is 14.9. The quantitative estimate of drug-likeness (QED) is 0.0457. The fourth-order valence-electron chi connectivity index (χ4n) is 14.9. The number of aliphatic carboxylic acids is 1. The van der Waals surface area contributed by atoms with E-state index in [-0.39, 0.29) is 78.0 Å². The molecule has 6 aromatic carbocycles. The van der Waals surface area contributed by atoms with Gasteiger partial charge in [-0.1, -0.05) is 162 Å². The summed E-state index contributed by atoms with van der Waals surface area (Å²) < 4.78 is 37.7. The molecule has 2 aromatic heterocycles. The third-order valence-corrected chi connectivity index (χ3v) is 21.6. The number of nitrogens with zero attached hydrogens (tertiary/aromatic N) is 10. The zero-order chi connectivity index (χ0) is 94.1. The Balaban J connectivity index is 0.000000178. The molecule has 14 rings (SSSR count). The van der Waals surface area contributed by atoms with E-state index in [4.69, 9.17) is 47.9 Å². The molecule has 28 heteroatoms. The van der Waals surface area contributed by atoms with Crippen molar-refractivity contribution < 1.29 is 85.8 Å². The van der Waals surface area contributed by atoms with Crippen LogP contribution in [-0.2, 0) is 47.7 Å². The summed E-state index contributed by atoms with van der Waals surface area (Å²) in [6.45, 7) is 35.6. The van der Waals surface area contributed by atoms with Gasteiger partial charge in [-0.3, -0.25) is 24.0 Å². The van der Waals surface area contributed by atoms with Crippen LogP contribution in [0, 0.1) is 35.1 Å². The Labute approximate surface area is 758 Å². The second-order valence-corrected chi connectivity index (χ2v) is 37.9. The van der Waals surface area contributed by atoms with Gasteiger partial charge in [-0.2, -0.15) is 5.26 Å². The van der Waals surface area contributed by atoms with Crippen molar-refractivity contribution in [3.8, 4) is 62.1 Å². The van der Waals surface area contributed by atoms with Crippen LogP contribution in [0.25, 0.3) is 62.0 Å². The maximum Gasteiger partial charge on any atom is 0.410 e. The molecule has 6 fully saturated rings. The van der Waals surface area contributed by atoms with Crippen molar-refractivity contribution in [3.63, 3.8) is 0 Å². The molecule has 0 radical (unpaired) electrons. The van der Waals surface area contributed by atoms with Crippen molar-refractivity contribution >= 4 is 60.0 Å². The van der Waals surface area contributed by atoms with Crippen LogP contribution in [0.3, 0.4) is 0 Å². The van der Waals surface area contributed by atoms with Gasteiger partial charge in [0, 0.05) is 133 Å². The number of hydrogen-bond acceptors (Lipinski definition) is 21. The maximum atomic E-state index is 12.6. The summed E-state index contributed by atoms with van der Waals surface area (Å²) in [5.41, 5.74) is 9.10. The van der Waals surface area contributed by atoms with Crippen molar-refractivity contribution in [3.05, 3.63) is 199 Å². The number of carbonyl (C=O) groups is 9. The number of hydroxylamine groups is 2. The van der Waals surface area contributed by atoms with Crippen molar-refractivity contribution in [1.29, 1.82) is 5.26 Å². The van der Waals surface area contributed by atoms with Gasteiger partial charge in [-0.15, -0.1) is 0 Å². The topological polar surface area (TPSA) is 328 Å². The zero-order valence-electron chi connectivity index (χ0n) is 77.9. The minimum atomic E-state index is -0.846. The van der Waals surface area contributed by atoms with Gasteiger partial charge in [-0.05, 0) is 213 Å². The Hall–Kier alpha value is -12.6. The number of aromatic nitrogens is 2. The molecular weight excluding hydrogens is 1640 g/mol. The smallest absolute Gasteiger partial charge is 0.410 e. The number of benzene rings is 6. The molecule has 0 aliphatic carbocycles. The van der Waals surface area contributed by atoms with Crippen molar-refractivity contribution in [1.82, 2.24) is 44.8 Å². The second kappa shape index (κ2) is 45.4. The maximum absolute atomic E-state index is 12.6. The molecule has 0 bridgehead atoms. The molecule has 0 spiro atoms. The van der Waals surface area contributed by atoms with Crippen molar-refractivity contribution in [2.75, 3.05) is 92.7 Å². The van der Waals surface area contributed by atoms with E-state index in [1.165, 1.54) is 28.2 Å². The highest BCUT2D eigenvalue weighted by Gasteiger charge is 2.39. The standard InChI is InChI=1S/C24H26N2O3.C24H27NO3.C20H17N3O.C12H22N2O4.C11H19NO3.C10H17NO4/c1-24(2,3)28-23(27)26-13-12-20(16-26)22-15-21(25-29-22)19-11-7-10-18(14-19)17-8-5-4-6-9-17;1-24(2,3)28-23(27)25-15-14-21(17-25)22(26)13-12-18-8-7-11-20(16-18)19-9-5-4-6-10-19;21-14-23-10-9-18(13-23)20-12-19(22-24-20)17-8-4-7-16(11-17)15-5-2-1-3-6-15;1-12(2,3)18-11(16)14-7-6-9(8-14)10(15)13(4)17-5;1-8(13)9-5-6-12(7-9)10(14)15-11(2,3)4;1-10(2,3)15-9(14)11-5-4-7(6-11)8(12)13/h4-11,14-15,20H,12-13,16H2,1-3H3;4-13,16,21H,14-15,17H2,1-3H3;1-8,11-12,18H,9-10,13H2;9H,6-8H2,1-5H3;9H,5-7H2,1-4H3;7H,4-6H2,1-3H3,(H,12,13)/b;13-12+;;;;. The van der Waals surface area contributed by atoms with E-state index in [0.717, 1.165) is 94.2 Å². The van der Waals surface area contributed by atoms with E-state index in [1.807, 2.05) is 192 Å². The van der Waals surface area contributed by atoms with E-state index >= 15 is 0 Å². The van der Waals surface area contributed by atoms with Gasteiger partial charge in [0.25, 0.3) is 5.91 Å². The largest absolute Gasteiger partial charge is 0.481 e. The monoisotopic (exact) mass is 1770 g/mol. The van der Waals surface area contributed by atoms with Gasteiger partial charge in [0.15, 0.2) is 12.0 Å². The fraction of sp³-hybridized carbons (Fsp3) is 0.465. The number of nitriles is 1. The van der Waals surface area contributed by atoms with Gasteiger partial charge in [0.2, 0.25) is 0 Å². The molecular formula is C101H128N10O18. The third kappa shape index (κ3) is 32.0. The first kappa shape index (κ1) is 100. The lowest BCUT2D eigenvalue weighted by Crippen LogP contribution is -2.37. The molecule has 6 saturated heterocycles. The first-order valence-corrected chi connectivity index (χ1v) is 44.1. The summed E-state index contributed by atoms with van der Waals surface area (Å²) in [7, 11) is 3.01. The highest BCUT2D eigenvalue weighted by Crippen LogP contribution is 2.36. The first-order chi connectivity index (χ1) is 60.9. The predicted molar refractivity (Wildman–Crippen MR) is 492 cm³/mol. The number of carboxylic acid groups (broad SMARTS) is 1. The molecule has 28 nitrogen and oxygen atoms in total. The van der Waals surface area contributed by atoms with Gasteiger partial charge in [0.1, 0.15) is 56.7 Å². The summed E-state index contributed by atoms with van der Waals surface area (Å²) >= 11 is 0. The number of likely N-dealkylation sites (tertiary alicyclic amines) is 6. The summed E-state index contributed by atoms with van der Waals surface area (Å²) in [4.78, 5) is 120. The minimum Gasteiger partial charge on any atom is -0.481 e. The highest BCUT2D eigenvalue weighted by molar-refractivity contribution is 5.96. The molecule has 6 amide bonds. The van der Waals surface area contributed by atoms with E-state index in [1.54, 1.807) is 65.3 Å². The molecule has 6 atom stereocenters. The van der Waals surface area contributed by atoms with Gasteiger partial charge < -0.3 is 67.2 Å². The molecule has 6 aliphatic heterocycles. The SMILES string of the molecule is CC(=O)C1CCN(C(=O)OC(C)(C)C)C1.CC(C)(C)OC(=O)N1CCC(C(=O)/C=C/c2cccc(-c3ccccc3)c2)C1.CC(C)(C)OC(=O)N1CCC(C(=O)O)C1.CC(C)(C)OC(=O)N1CCC(c2cc(-c3cccc(-c4ccccc4)c3)no2)C1.CON(C)C(=O)C1CCN(C(=O)OC(C)(C)C)C1.N#CN1CCC(c2cc(-c3cccc(-c4ccccc4)c3)no2)C1. The molecule has 8 heterocycles. The number of Topliss-reactive ketones (excluding diaryl/α,β-unsaturated/α-hetero) is 1. The van der Waals surface area contributed by atoms with Crippen LogP contribution in [-0.4, -0.2) is 224 Å². The number of carboxylic acids is 1. The van der Waals surface area contributed by atoms with Crippen LogP contribution in [0.1, 0.15) is 178 Å². The molecule has 6 aliphatic rings. The average Bonchev–Trinajstić information content (AvgIpc) is 1.67. The van der Waals surface area contributed by atoms with Crippen LogP contribution in [0.5, 0.6) is 0 Å². The molecule has 0 saturated carbocycles. The van der Waals surface area contributed by atoms with E-state index in [0.29, 0.717) is 78.2 Å². The lowest BCUT2D eigenvalue weighted by molar-refractivity contribution is -0.172. The molecule has 129 heavy (non-hydrogen) atoms. The Morgan fingerprint density at radius 2 is 0.729 bits per heavy atom. The van der Waals surface area contributed by atoms with E-state index < -0.39 is 46.0 Å². The Kier molecular flexibility index (Phi) is 35.2. The first-order valence-electron chi connectivity index (χ1n) is 44.1. The molecule has 690 valence electrons. The predicted octanol–water partition coefficient (Wildman–Crippen LogP) is 19.6. The number of hydrogen-bond donors (Lipinski definition) is 1.